The van der Waals surface area contributed by atoms with E-state index in [1.54, 1.807) is 0 Å². The summed E-state index contributed by atoms with van der Waals surface area (Å²) in [6, 6.07) is 13.2. The molecule has 0 radical (unpaired) electrons. The number of carbonyl (C=O) groups is 1. The smallest absolute Gasteiger partial charge is 0.271 e. The standard InChI is InChI=1S/C16H15ClN2O4/c1-11(12-5-3-2-4-6-12)18-16(20)10-23-15-8-7-13(19(21)22)9-14(15)17/h2-9,11H,10H2,1H3,(H,18,20)/t11-/m1/s1. The van der Waals surface area contributed by atoms with Crippen molar-refractivity contribution in [2.45, 2.75) is 13.0 Å². The second-order valence-corrected chi connectivity index (χ2v) is 5.27. The van der Waals surface area contributed by atoms with Crippen molar-refractivity contribution in [3.05, 3.63) is 69.2 Å². The molecule has 0 spiro atoms. The molecule has 0 aromatic heterocycles. The summed E-state index contributed by atoms with van der Waals surface area (Å²) < 4.78 is 5.30. The van der Waals surface area contributed by atoms with Crippen molar-refractivity contribution < 1.29 is 14.5 Å². The summed E-state index contributed by atoms with van der Waals surface area (Å²) in [6.45, 7) is 1.64. The lowest BCUT2D eigenvalue weighted by Crippen LogP contribution is -2.31. The van der Waals surface area contributed by atoms with E-state index in [0.717, 1.165) is 5.56 Å². The van der Waals surface area contributed by atoms with E-state index in [0.29, 0.717) is 0 Å². The monoisotopic (exact) mass is 334 g/mol. The Morgan fingerprint density at radius 1 is 1.30 bits per heavy atom. The Morgan fingerprint density at radius 2 is 2.00 bits per heavy atom. The van der Waals surface area contributed by atoms with Crippen molar-refractivity contribution in [1.29, 1.82) is 0 Å². The molecule has 0 bridgehead atoms. The number of hydrogen-bond acceptors (Lipinski definition) is 4. The van der Waals surface area contributed by atoms with Crippen molar-refractivity contribution in [3.63, 3.8) is 0 Å². The molecule has 0 saturated carbocycles. The SMILES string of the molecule is C[C@@H](NC(=O)COc1ccc([N+](=O)[O-])cc1Cl)c1ccccc1. The van der Waals surface area contributed by atoms with Gasteiger partial charge in [0, 0.05) is 12.1 Å². The van der Waals surface area contributed by atoms with Crippen molar-refractivity contribution in [2.75, 3.05) is 6.61 Å². The average molecular weight is 335 g/mol. The van der Waals surface area contributed by atoms with E-state index in [1.807, 2.05) is 37.3 Å². The zero-order chi connectivity index (χ0) is 16.8. The van der Waals surface area contributed by atoms with Crippen LogP contribution >= 0.6 is 11.6 Å². The van der Waals surface area contributed by atoms with Crippen LogP contribution in [0.4, 0.5) is 5.69 Å². The summed E-state index contributed by atoms with van der Waals surface area (Å²) >= 11 is 5.90. The highest BCUT2D eigenvalue weighted by molar-refractivity contribution is 6.32. The number of nitrogens with one attached hydrogen (secondary N) is 1. The Bertz CT molecular complexity index is 706. The molecule has 0 saturated heterocycles. The Labute approximate surface area is 138 Å². The Hall–Kier alpha value is -2.60. The van der Waals surface area contributed by atoms with Crippen molar-refractivity contribution in [1.82, 2.24) is 5.32 Å². The van der Waals surface area contributed by atoms with E-state index in [9.17, 15) is 14.9 Å². The third kappa shape index (κ3) is 4.69. The van der Waals surface area contributed by atoms with Crippen molar-refractivity contribution in [2.24, 2.45) is 0 Å². The molecule has 120 valence electrons. The summed E-state index contributed by atoms with van der Waals surface area (Å²) in [5.41, 5.74) is 0.846. The Balaban J connectivity index is 1.91. The summed E-state index contributed by atoms with van der Waals surface area (Å²) in [7, 11) is 0. The summed E-state index contributed by atoms with van der Waals surface area (Å²) in [4.78, 5) is 22.0. The maximum Gasteiger partial charge on any atom is 0.271 e. The third-order valence-electron chi connectivity index (χ3n) is 3.16. The number of non-ortho nitro benzene ring substituents is 1. The maximum atomic E-state index is 11.9. The van der Waals surface area contributed by atoms with Crippen LogP contribution in [0.3, 0.4) is 0 Å². The van der Waals surface area contributed by atoms with Gasteiger partial charge in [-0.3, -0.25) is 14.9 Å². The first-order valence-electron chi connectivity index (χ1n) is 6.88. The summed E-state index contributed by atoms with van der Waals surface area (Å²) in [5.74, 6) is -0.0875. The highest BCUT2D eigenvalue weighted by Gasteiger charge is 2.13. The predicted octanol–water partition coefficient (Wildman–Crippen LogP) is 3.50. The first kappa shape index (κ1) is 16.8. The molecule has 1 N–H and O–H groups in total. The summed E-state index contributed by atoms with van der Waals surface area (Å²) in [6.07, 6.45) is 0. The predicted molar refractivity (Wildman–Crippen MR) is 86.6 cm³/mol. The van der Waals surface area contributed by atoms with E-state index in [1.165, 1.54) is 18.2 Å². The molecule has 1 atom stereocenters. The van der Waals surface area contributed by atoms with Crippen LogP contribution in [0, 0.1) is 10.1 Å². The maximum absolute atomic E-state index is 11.9. The van der Waals surface area contributed by atoms with Gasteiger partial charge < -0.3 is 10.1 Å². The second-order valence-electron chi connectivity index (χ2n) is 4.86. The van der Waals surface area contributed by atoms with E-state index in [4.69, 9.17) is 16.3 Å². The number of halogens is 1. The van der Waals surface area contributed by atoms with Crippen LogP contribution in [0.15, 0.2) is 48.5 Å². The van der Waals surface area contributed by atoms with E-state index >= 15 is 0 Å². The first-order valence-corrected chi connectivity index (χ1v) is 7.26. The second kappa shape index (κ2) is 7.60. The van der Waals surface area contributed by atoms with E-state index < -0.39 is 4.92 Å². The molecule has 0 aliphatic carbocycles. The van der Waals surface area contributed by atoms with Gasteiger partial charge in [0.05, 0.1) is 16.0 Å². The normalized spacial score (nSPS) is 11.6. The van der Waals surface area contributed by atoms with E-state index in [-0.39, 0.29) is 35.0 Å². The van der Waals surface area contributed by atoms with Crippen LogP contribution in [0.2, 0.25) is 5.02 Å². The number of ether oxygens (including phenoxy) is 1. The molecule has 0 fully saturated rings. The van der Waals surface area contributed by atoms with Gasteiger partial charge in [-0.1, -0.05) is 41.9 Å². The molecule has 0 aliphatic rings. The molecule has 2 aromatic carbocycles. The van der Waals surface area contributed by atoms with Crippen LogP contribution in [-0.2, 0) is 4.79 Å². The fraction of sp³-hybridized carbons (Fsp3) is 0.188. The minimum absolute atomic E-state index is 0.0862. The van der Waals surface area contributed by atoms with Gasteiger partial charge in [-0.2, -0.15) is 0 Å². The number of amides is 1. The lowest BCUT2D eigenvalue weighted by Gasteiger charge is -2.15. The van der Waals surface area contributed by atoms with Gasteiger partial charge in [-0.15, -0.1) is 0 Å². The van der Waals surface area contributed by atoms with Gasteiger partial charge in [0.1, 0.15) is 5.75 Å². The van der Waals surface area contributed by atoms with Crippen LogP contribution in [-0.4, -0.2) is 17.4 Å². The lowest BCUT2D eigenvalue weighted by molar-refractivity contribution is -0.384. The molecular weight excluding hydrogens is 320 g/mol. The van der Waals surface area contributed by atoms with Gasteiger partial charge >= 0.3 is 0 Å². The molecule has 1 amide bonds. The minimum atomic E-state index is -0.552. The van der Waals surface area contributed by atoms with Crippen LogP contribution in [0.25, 0.3) is 0 Å². The fourth-order valence-corrected chi connectivity index (χ4v) is 2.20. The first-order chi connectivity index (χ1) is 11.0. The molecule has 23 heavy (non-hydrogen) atoms. The molecule has 0 aliphatic heterocycles. The quantitative estimate of drug-likeness (QED) is 0.647. The van der Waals surface area contributed by atoms with Crippen LogP contribution in [0.1, 0.15) is 18.5 Å². The molecule has 0 unspecified atom stereocenters. The molecular formula is C16H15ClN2O4. The van der Waals surface area contributed by atoms with Crippen LogP contribution < -0.4 is 10.1 Å². The number of hydrogen-bond donors (Lipinski definition) is 1. The molecule has 6 nitrogen and oxygen atoms in total. The van der Waals surface area contributed by atoms with E-state index in [2.05, 4.69) is 5.32 Å². The van der Waals surface area contributed by atoms with Crippen LogP contribution in [0.5, 0.6) is 5.75 Å². The van der Waals surface area contributed by atoms with Gasteiger partial charge in [0.25, 0.3) is 11.6 Å². The van der Waals surface area contributed by atoms with Crippen molar-refractivity contribution >= 4 is 23.2 Å². The molecule has 7 heteroatoms. The zero-order valence-corrected chi connectivity index (χ0v) is 13.1. The van der Waals surface area contributed by atoms with Crippen molar-refractivity contribution in [3.8, 4) is 5.75 Å². The molecule has 2 aromatic rings. The highest BCUT2D eigenvalue weighted by Crippen LogP contribution is 2.28. The Kier molecular flexibility index (Phi) is 5.54. The molecule has 0 heterocycles. The zero-order valence-electron chi connectivity index (χ0n) is 12.4. The van der Waals surface area contributed by atoms with Gasteiger partial charge in [0.15, 0.2) is 6.61 Å². The number of nitrogens with zero attached hydrogens (tertiary/aromatic N) is 1. The number of nitro benzene ring substituents is 1. The van der Waals surface area contributed by atoms with Gasteiger partial charge in [0.2, 0.25) is 0 Å². The third-order valence-corrected chi connectivity index (χ3v) is 3.46. The highest BCUT2D eigenvalue weighted by atomic mass is 35.5. The number of nitro groups is 1. The topological polar surface area (TPSA) is 81.5 Å². The number of rotatable bonds is 6. The largest absolute Gasteiger partial charge is 0.482 e. The minimum Gasteiger partial charge on any atom is -0.482 e. The summed E-state index contributed by atoms with van der Waals surface area (Å²) in [5, 5.41) is 13.5. The fourth-order valence-electron chi connectivity index (χ4n) is 1.97. The van der Waals surface area contributed by atoms with Gasteiger partial charge in [-0.25, -0.2) is 0 Å². The van der Waals surface area contributed by atoms with Gasteiger partial charge in [-0.05, 0) is 18.6 Å². The average Bonchev–Trinajstić information content (AvgIpc) is 2.54. The number of carbonyl (C=O) groups excluding carboxylic acids is 1. The number of benzene rings is 2. The lowest BCUT2D eigenvalue weighted by atomic mass is 10.1. The Morgan fingerprint density at radius 3 is 2.61 bits per heavy atom. The molecule has 2 rings (SSSR count).